The van der Waals surface area contributed by atoms with Crippen LogP contribution in [0.15, 0.2) is 36.5 Å². The van der Waals surface area contributed by atoms with Gasteiger partial charge in [0.15, 0.2) is 0 Å². The van der Waals surface area contributed by atoms with Gasteiger partial charge in [0.1, 0.15) is 0 Å². The van der Waals surface area contributed by atoms with Crippen LogP contribution in [0.3, 0.4) is 0 Å². The summed E-state index contributed by atoms with van der Waals surface area (Å²) in [6, 6.07) is 0.558. The normalized spacial score (nSPS) is 15.6. The molecule has 0 saturated heterocycles. The highest BCUT2D eigenvalue weighted by atomic mass is 14.9. The molecule has 0 aromatic heterocycles. The van der Waals surface area contributed by atoms with Crippen molar-refractivity contribution in [1.82, 2.24) is 5.32 Å². The predicted molar refractivity (Wildman–Crippen MR) is 74.6 cm³/mol. The molecule has 0 spiro atoms. The lowest BCUT2D eigenvalue weighted by Gasteiger charge is -2.18. The van der Waals surface area contributed by atoms with Crippen molar-refractivity contribution in [2.75, 3.05) is 6.54 Å². The quantitative estimate of drug-likeness (QED) is 0.609. The van der Waals surface area contributed by atoms with Crippen LogP contribution in [0.4, 0.5) is 0 Å². The second-order valence-corrected chi connectivity index (χ2v) is 4.74. The Hall–Kier alpha value is -0.820. The highest BCUT2D eigenvalue weighted by Crippen LogP contribution is 2.11. The van der Waals surface area contributed by atoms with Crippen LogP contribution in [0.5, 0.6) is 0 Å². The van der Waals surface area contributed by atoms with E-state index in [0.717, 1.165) is 18.0 Å². The van der Waals surface area contributed by atoms with E-state index in [2.05, 4.69) is 39.2 Å². The van der Waals surface area contributed by atoms with Crippen LogP contribution in [-0.4, -0.2) is 12.6 Å². The lowest BCUT2D eigenvalue weighted by atomic mass is 10.00. The van der Waals surface area contributed by atoms with Gasteiger partial charge in [-0.05, 0) is 31.8 Å². The Morgan fingerprint density at radius 2 is 2.00 bits per heavy atom. The molecule has 0 fully saturated rings. The van der Waals surface area contributed by atoms with Gasteiger partial charge in [0.25, 0.3) is 0 Å². The monoisotopic (exact) mass is 221 g/mol. The summed E-state index contributed by atoms with van der Waals surface area (Å²) in [5.41, 5.74) is 2.36. The minimum atomic E-state index is 0.558. The van der Waals surface area contributed by atoms with Crippen molar-refractivity contribution in [3.63, 3.8) is 0 Å². The van der Waals surface area contributed by atoms with Gasteiger partial charge in [-0.2, -0.15) is 0 Å². The fourth-order valence-corrected chi connectivity index (χ4v) is 1.63. The molecule has 0 amide bonds. The summed E-state index contributed by atoms with van der Waals surface area (Å²) in [5, 5.41) is 3.54. The molecule has 0 bridgehead atoms. The van der Waals surface area contributed by atoms with Gasteiger partial charge in [-0.25, -0.2) is 0 Å². The molecule has 0 aliphatic heterocycles. The molecule has 2 unspecified atom stereocenters. The first kappa shape index (κ1) is 15.2. The highest BCUT2D eigenvalue weighted by Gasteiger charge is 2.07. The molecule has 1 N–H and O–H groups in total. The summed E-state index contributed by atoms with van der Waals surface area (Å²) in [5.74, 6) is 0.791. The molecule has 16 heavy (non-hydrogen) atoms. The first-order valence-corrected chi connectivity index (χ1v) is 6.22. The van der Waals surface area contributed by atoms with E-state index in [1.165, 1.54) is 18.4 Å². The zero-order chi connectivity index (χ0) is 12.6. The van der Waals surface area contributed by atoms with Gasteiger partial charge < -0.3 is 5.32 Å². The smallest absolute Gasteiger partial charge is 0.0210 e. The van der Waals surface area contributed by atoms with Crippen molar-refractivity contribution in [1.29, 1.82) is 0 Å². The van der Waals surface area contributed by atoms with E-state index in [1.54, 1.807) is 0 Å². The van der Waals surface area contributed by atoms with Crippen LogP contribution in [-0.2, 0) is 0 Å². The predicted octanol–water partition coefficient (Wildman–Crippen LogP) is 4.09. The summed E-state index contributed by atoms with van der Waals surface area (Å²) < 4.78 is 0. The summed E-state index contributed by atoms with van der Waals surface area (Å²) in [6.07, 6.45) is 6.34. The van der Waals surface area contributed by atoms with E-state index in [0.29, 0.717) is 6.04 Å². The average molecular weight is 221 g/mol. The van der Waals surface area contributed by atoms with Crippen LogP contribution in [0, 0.1) is 5.92 Å². The first-order chi connectivity index (χ1) is 7.51. The van der Waals surface area contributed by atoms with Crippen molar-refractivity contribution in [2.45, 2.75) is 46.6 Å². The Morgan fingerprint density at radius 3 is 2.44 bits per heavy atom. The lowest BCUT2D eigenvalue weighted by molar-refractivity contribution is 0.422. The molecule has 0 aliphatic carbocycles. The Kier molecular flexibility index (Phi) is 7.92. The third-order valence-corrected chi connectivity index (χ3v) is 2.96. The van der Waals surface area contributed by atoms with E-state index in [1.807, 2.05) is 19.1 Å². The van der Waals surface area contributed by atoms with Gasteiger partial charge in [0.05, 0.1) is 0 Å². The first-order valence-electron chi connectivity index (χ1n) is 6.22. The molecule has 0 aliphatic rings. The molecule has 0 rings (SSSR count). The topological polar surface area (TPSA) is 12.0 Å². The Balaban J connectivity index is 4.06. The number of hydrogen-bond acceptors (Lipinski definition) is 1. The highest BCUT2D eigenvalue weighted by molar-refractivity contribution is 5.30. The Labute approximate surface area is 101 Å². The minimum Gasteiger partial charge on any atom is -0.310 e. The summed E-state index contributed by atoms with van der Waals surface area (Å²) in [6.45, 7) is 17.4. The number of nitrogens with one attached hydrogen (secondary N) is 1. The maximum atomic E-state index is 3.97. The van der Waals surface area contributed by atoms with Gasteiger partial charge in [-0.15, -0.1) is 0 Å². The lowest BCUT2D eigenvalue weighted by Crippen LogP contribution is -2.29. The largest absolute Gasteiger partial charge is 0.310 e. The number of hydrogen-bond donors (Lipinski definition) is 1. The van der Waals surface area contributed by atoms with E-state index >= 15 is 0 Å². The fourth-order valence-electron chi connectivity index (χ4n) is 1.63. The van der Waals surface area contributed by atoms with Gasteiger partial charge in [-0.3, -0.25) is 0 Å². The van der Waals surface area contributed by atoms with Crippen LogP contribution in [0.1, 0.15) is 40.5 Å². The number of allylic oxidation sites excluding steroid dienone is 2. The van der Waals surface area contributed by atoms with Crippen molar-refractivity contribution >= 4 is 0 Å². The summed E-state index contributed by atoms with van der Waals surface area (Å²) in [7, 11) is 0. The van der Waals surface area contributed by atoms with E-state index in [9.17, 15) is 0 Å². The van der Waals surface area contributed by atoms with Gasteiger partial charge in [-0.1, -0.05) is 51.2 Å². The fraction of sp³-hybridized carbons (Fsp3) is 0.600. The van der Waals surface area contributed by atoms with Gasteiger partial charge >= 0.3 is 0 Å². The van der Waals surface area contributed by atoms with Crippen molar-refractivity contribution in [3.05, 3.63) is 36.5 Å². The standard InChI is InChI=1S/C15H27N/c1-7-9-15(12(3)4)11-16-14(6)10-13(5)8-2/h7,9,13-14,16H,1,3,8,10-11H2,2,4-6H3/b15-9+. The zero-order valence-electron chi connectivity index (χ0n) is 11.3. The third-order valence-electron chi connectivity index (χ3n) is 2.96. The second kappa shape index (κ2) is 8.35. The zero-order valence-corrected chi connectivity index (χ0v) is 11.3. The number of rotatable bonds is 8. The molecular formula is C15H27N. The molecule has 0 heterocycles. The molecule has 92 valence electrons. The molecule has 2 atom stereocenters. The molecule has 1 heteroatoms. The van der Waals surface area contributed by atoms with E-state index in [-0.39, 0.29) is 0 Å². The maximum Gasteiger partial charge on any atom is 0.0210 e. The summed E-state index contributed by atoms with van der Waals surface area (Å²) >= 11 is 0. The maximum absolute atomic E-state index is 3.97. The van der Waals surface area contributed by atoms with Crippen LogP contribution in [0.2, 0.25) is 0 Å². The molecule has 1 nitrogen and oxygen atoms in total. The van der Waals surface area contributed by atoms with Gasteiger partial charge in [0, 0.05) is 12.6 Å². The Morgan fingerprint density at radius 1 is 1.38 bits per heavy atom. The third kappa shape index (κ3) is 6.62. The van der Waals surface area contributed by atoms with Crippen LogP contribution in [0.25, 0.3) is 0 Å². The Bertz CT molecular complexity index is 250. The van der Waals surface area contributed by atoms with Crippen molar-refractivity contribution in [2.24, 2.45) is 5.92 Å². The minimum absolute atomic E-state index is 0.558. The molecule has 0 saturated carbocycles. The molecule has 0 radical (unpaired) electrons. The second-order valence-electron chi connectivity index (χ2n) is 4.74. The summed E-state index contributed by atoms with van der Waals surface area (Å²) in [4.78, 5) is 0. The van der Waals surface area contributed by atoms with Gasteiger partial charge in [0.2, 0.25) is 0 Å². The SMILES string of the molecule is C=C/C=C(\CNC(C)CC(C)CC)C(=C)C. The van der Waals surface area contributed by atoms with Crippen LogP contribution < -0.4 is 5.32 Å². The average Bonchev–Trinajstić information content (AvgIpc) is 2.23. The molecular weight excluding hydrogens is 194 g/mol. The van der Waals surface area contributed by atoms with E-state index < -0.39 is 0 Å². The molecule has 0 aromatic rings. The van der Waals surface area contributed by atoms with Crippen molar-refractivity contribution in [3.8, 4) is 0 Å². The van der Waals surface area contributed by atoms with Crippen molar-refractivity contribution < 1.29 is 0 Å². The van der Waals surface area contributed by atoms with Crippen LogP contribution >= 0.6 is 0 Å². The van der Waals surface area contributed by atoms with E-state index in [4.69, 9.17) is 0 Å². The molecule has 0 aromatic carbocycles.